The van der Waals surface area contributed by atoms with Crippen molar-refractivity contribution in [3.63, 3.8) is 0 Å². The van der Waals surface area contributed by atoms with Crippen LogP contribution < -0.4 is 0 Å². The Kier molecular flexibility index (Phi) is 3.53. The third-order valence-corrected chi connectivity index (χ3v) is 4.04. The van der Waals surface area contributed by atoms with Crippen LogP contribution in [0.2, 0.25) is 0 Å². The van der Waals surface area contributed by atoms with Crippen molar-refractivity contribution in [1.29, 1.82) is 0 Å². The molecular formula is C15H21N5O. The molecule has 0 aromatic carbocycles. The van der Waals surface area contributed by atoms with E-state index in [4.69, 9.17) is 0 Å². The number of carbonyl (C=O) groups excluding carboxylic acids is 1. The summed E-state index contributed by atoms with van der Waals surface area (Å²) in [4.78, 5) is 22.0. The highest BCUT2D eigenvalue weighted by atomic mass is 16.2. The van der Waals surface area contributed by atoms with Crippen molar-refractivity contribution in [3.05, 3.63) is 35.2 Å². The molecule has 1 unspecified atom stereocenters. The number of H-pyrrole nitrogens is 1. The number of aromatic nitrogens is 4. The van der Waals surface area contributed by atoms with Crippen LogP contribution in [0.25, 0.3) is 0 Å². The fourth-order valence-electron chi connectivity index (χ4n) is 2.91. The van der Waals surface area contributed by atoms with Gasteiger partial charge in [0.1, 0.15) is 12.4 Å². The smallest absolute Gasteiger partial charge is 0.244 e. The van der Waals surface area contributed by atoms with Crippen LogP contribution in [0.3, 0.4) is 0 Å². The molecule has 1 amide bonds. The average Bonchev–Trinajstić information content (AvgIpc) is 3.11. The number of carbonyl (C=O) groups is 1. The number of hydrogen-bond donors (Lipinski definition) is 1. The molecule has 1 aliphatic heterocycles. The Morgan fingerprint density at radius 2 is 2.24 bits per heavy atom. The first-order valence-electron chi connectivity index (χ1n) is 7.33. The van der Waals surface area contributed by atoms with Gasteiger partial charge in [0, 0.05) is 36.6 Å². The van der Waals surface area contributed by atoms with Crippen LogP contribution in [0, 0.1) is 20.8 Å². The van der Waals surface area contributed by atoms with E-state index in [1.807, 2.05) is 37.9 Å². The molecule has 0 aliphatic carbocycles. The van der Waals surface area contributed by atoms with E-state index in [0.29, 0.717) is 12.5 Å². The molecule has 0 spiro atoms. The largest absolute Gasteiger partial charge is 0.346 e. The first-order valence-corrected chi connectivity index (χ1v) is 7.33. The third kappa shape index (κ3) is 2.84. The summed E-state index contributed by atoms with van der Waals surface area (Å²) in [6, 6.07) is 1.99. The number of imidazole rings is 1. The van der Waals surface area contributed by atoms with Crippen molar-refractivity contribution in [2.24, 2.45) is 0 Å². The lowest BCUT2D eigenvalue weighted by atomic mass is 10.1. The number of rotatable bonds is 3. The number of likely N-dealkylation sites (tertiary alicyclic amines) is 1. The summed E-state index contributed by atoms with van der Waals surface area (Å²) in [5.74, 6) is 1.45. The molecule has 0 saturated carbocycles. The molecule has 112 valence electrons. The molecule has 21 heavy (non-hydrogen) atoms. The molecule has 2 aromatic heterocycles. The van der Waals surface area contributed by atoms with Crippen molar-refractivity contribution < 1.29 is 4.79 Å². The van der Waals surface area contributed by atoms with Gasteiger partial charge in [-0.1, -0.05) is 0 Å². The van der Waals surface area contributed by atoms with Gasteiger partial charge in [-0.15, -0.1) is 0 Å². The van der Waals surface area contributed by atoms with Crippen LogP contribution in [0.5, 0.6) is 0 Å². The molecular weight excluding hydrogens is 266 g/mol. The van der Waals surface area contributed by atoms with E-state index >= 15 is 0 Å². The molecule has 6 nitrogen and oxygen atoms in total. The van der Waals surface area contributed by atoms with E-state index in [1.165, 1.54) is 0 Å². The molecule has 2 aromatic rings. The van der Waals surface area contributed by atoms with Crippen molar-refractivity contribution in [2.75, 3.05) is 13.1 Å². The van der Waals surface area contributed by atoms with Gasteiger partial charge in [-0.25, -0.2) is 4.98 Å². The third-order valence-electron chi connectivity index (χ3n) is 4.04. The van der Waals surface area contributed by atoms with E-state index < -0.39 is 0 Å². The summed E-state index contributed by atoms with van der Waals surface area (Å²) in [7, 11) is 0. The summed E-state index contributed by atoms with van der Waals surface area (Å²) in [5, 5.41) is 4.35. The van der Waals surface area contributed by atoms with Crippen LogP contribution in [0.1, 0.15) is 35.2 Å². The molecule has 1 fully saturated rings. The fourth-order valence-corrected chi connectivity index (χ4v) is 2.91. The van der Waals surface area contributed by atoms with Crippen molar-refractivity contribution in [3.8, 4) is 0 Å². The lowest BCUT2D eigenvalue weighted by molar-refractivity contribution is -0.131. The van der Waals surface area contributed by atoms with E-state index in [-0.39, 0.29) is 5.91 Å². The lowest BCUT2D eigenvalue weighted by Gasteiger charge is -2.16. The summed E-state index contributed by atoms with van der Waals surface area (Å²) in [5.41, 5.74) is 3.04. The molecule has 3 heterocycles. The molecule has 6 heteroatoms. The first kappa shape index (κ1) is 13.9. The van der Waals surface area contributed by atoms with Gasteiger partial charge in [0.05, 0.1) is 5.69 Å². The Morgan fingerprint density at radius 1 is 1.43 bits per heavy atom. The molecule has 0 radical (unpaired) electrons. The van der Waals surface area contributed by atoms with Gasteiger partial charge >= 0.3 is 0 Å². The monoisotopic (exact) mass is 287 g/mol. The number of nitrogens with zero attached hydrogens (tertiary/aromatic N) is 4. The van der Waals surface area contributed by atoms with Crippen LogP contribution >= 0.6 is 0 Å². The number of nitrogens with one attached hydrogen (secondary N) is 1. The van der Waals surface area contributed by atoms with Gasteiger partial charge in [-0.2, -0.15) is 5.10 Å². The van der Waals surface area contributed by atoms with Gasteiger partial charge in [-0.3, -0.25) is 9.48 Å². The molecule has 1 saturated heterocycles. The van der Waals surface area contributed by atoms with Gasteiger partial charge in [0.2, 0.25) is 5.91 Å². The second-order valence-electron chi connectivity index (χ2n) is 5.86. The quantitative estimate of drug-likeness (QED) is 0.931. The molecule has 3 rings (SSSR count). The highest BCUT2D eigenvalue weighted by molar-refractivity contribution is 5.76. The zero-order chi connectivity index (χ0) is 15.0. The Labute approximate surface area is 124 Å². The van der Waals surface area contributed by atoms with Crippen molar-refractivity contribution in [1.82, 2.24) is 24.6 Å². The second-order valence-corrected chi connectivity index (χ2v) is 5.86. The van der Waals surface area contributed by atoms with Crippen LogP contribution in [0.4, 0.5) is 0 Å². The summed E-state index contributed by atoms with van der Waals surface area (Å²) in [6.07, 6.45) is 2.81. The fraction of sp³-hybridized carbons (Fsp3) is 0.533. The van der Waals surface area contributed by atoms with E-state index in [0.717, 1.165) is 42.4 Å². The normalized spacial score (nSPS) is 18.4. The van der Waals surface area contributed by atoms with Crippen molar-refractivity contribution >= 4 is 5.91 Å². The maximum absolute atomic E-state index is 12.4. The van der Waals surface area contributed by atoms with E-state index in [1.54, 1.807) is 4.68 Å². The highest BCUT2D eigenvalue weighted by Crippen LogP contribution is 2.25. The maximum atomic E-state index is 12.4. The molecule has 0 bridgehead atoms. The van der Waals surface area contributed by atoms with Crippen molar-refractivity contribution in [2.45, 2.75) is 39.7 Å². The van der Waals surface area contributed by atoms with Crippen LogP contribution in [-0.4, -0.2) is 43.6 Å². The minimum Gasteiger partial charge on any atom is -0.346 e. The van der Waals surface area contributed by atoms with Gasteiger partial charge in [0.25, 0.3) is 0 Å². The summed E-state index contributed by atoms with van der Waals surface area (Å²) >= 11 is 0. The molecule has 1 atom stereocenters. The number of amides is 1. The highest BCUT2D eigenvalue weighted by Gasteiger charge is 2.29. The zero-order valence-electron chi connectivity index (χ0n) is 12.8. The predicted molar refractivity (Wildman–Crippen MR) is 79.0 cm³/mol. The minimum absolute atomic E-state index is 0.131. The minimum atomic E-state index is 0.131. The Bertz CT molecular complexity index is 657. The average molecular weight is 287 g/mol. The van der Waals surface area contributed by atoms with Gasteiger partial charge in [-0.05, 0) is 33.3 Å². The second kappa shape index (κ2) is 5.35. The van der Waals surface area contributed by atoms with Crippen LogP contribution in [0.15, 0.2) is 12.3 Å². The molecule has 1 aliphatic rings. The number of aryl methyl sites for hydroxylation is 3. The maximum Gasteiger partial charge on any atom is 0.244 e. The number of hydrogen-bond acceptors (Lipinski definition) is 3. The van der Waals surface area contributed by atoms with Gasteiger partial charge in [0.15, 0.2) is 0 Å². The SMILES string of the molecule is Cc1cc(C)n(CC(=O)N2CCC(c3ncc(C)[nH]3)C2)n1. The summed E-state index contributed by atoms with van der Waals surface area (Å²) in [6.45, 7) is 7.78. The summed E-state index contributed by atoms with van der Waals surface area (Å²) < 4.78 is 1.78. The van der Waals surface area contributed by atoms with Crippen LogP contribution in [-0.2, 0) is 11.3 Å². The Hall–Kier alpha value is -2.11. The van der Waals surface area contributed by atoms with E-state index in [2.05, 4.69) is 15.1 Å². The zero-order valence-corrected chi connectivity index (χ0v) is 12.8. The Morgan fingerprint density at radius 3 is 2.86 bits per heavy atom. The Balaban J connectivity index is 1.63. The molecule has 1 N–H and O–H groups in total. The van der Waals surface area contributed by atoms with Gasteiger partial charge < -0.3 is 9.88 Å². The first-order chi connectivity index (χ1) is 10.0. The lowest BCUT2D eigenvalue weighted by Crippen LogP contribution is -2.32. The number of aromatic amines is 1. The topological polar surface area (TPSA) is 66.8 Å². The standard InChI is InChI=1S/C15H21N5O/c1-10-6-12(3)20(18-10)9-14(21)19-5-4-13(8-19)15-16-7-11(2)17-15/h6-7,13H,4-5,8-9H2,1-3H3,(H,16,17). The van der Waals surface area contributed by atoms with E-state index in [9.17, 15) is 4.79 Å². The predicted octanol–water partition coefficient (Wildman–Crippen LogP) is 1.55.